The Balaban J connectivity index is 1.46. The van der Waals surface area contributed by atoms with Crippen LogP contribution in [0.1, 0.15) is 45.5 Å². The Kier molecular flexibility index (Phi) is 8.47. The number of hydrogen-bond acceptors (Lipinski definition) is 5. The van der Waals surface area contributed by atoms with Crippen LogP contribution >= 0.6 is 0 Å². The van der Waals surface area contributed by atoms with Crippen LogP contribution in [0.25, 0.3) is 43.1 Å². The van der Waals surface area contributed by atoms with E-state index < -0.39 is 46.6 Å². The van der Waals surface area contributed by atoms with Gasteiger partial charge in [0.1, 0.15) is 17.2 Å². The molecule has 0 saturated carbocycles. The second-order valence-corrected chi connectivity index (χ2v) is 11.4. The van der Waals surface area contributed by atoms with Crippen molar-refractivity contribution in [3.8, 4) is 17.2 Å². The molecule has 0 unspecified atom stereocenters. The number of halogens is 9. The minimum Gasteiger partial charge on any atom is -0.496 e. The van der Waals surface area contributed by atoms with Gasteiger partial charge in [-0.05, 0) is 74.3 Å². The number of methoxy groups -OCH3 is 2. The van der Waals surface area contributed by atoms with Crippen molar-refractivity contribution in [1.82, 2.24) is 0 Å². The summed E-state index contributed by atoms with van der Waals surface area (Å²) in [4.78, 5) is 24.1. The highest BCUT2D eigenvalue weighted by atomic mass is 19.4. The van der Waals surface area contributed by atoms with E-state index in [9.17, 15) is 49.1 Å². The number of benzene rings is 6. The molecular weight excluding hydrogens is 683 g/mol. The third-order valence-corrected chi connectivity index (χ3v) is 8.60. The molecule has 50 heavy (non-hydrogen) atoms. The smallest absolute Gasteiger partial charge is 0.417 e. The Hall–Kier alpha value is -5.27. The zero-order valence-electron chi connectivity index (χ0n) is 25.9. The molecule has 0 saturated heterocycles. The Morgan fingerprint density at radius 1 is 0.620 bits per heavy atom. The van der Waals surface area contributed by atoms with Crippen LogP contribution in [-0.2, 0) is 29.7 Å². The van der Waals surface area contributed by atoms with E-state index >= 15 is 0 Å². The van der Waals surface area contributed by atoms with Crippen molar-refractivity contribution in [3.05, 3.63) is 88.5 Å². The van der Waals surface area contributed by atoms with E-state index in [0.29, 0.717) is 18.4 Å². The quantitative estimate of drug-likeness (QED) is 0.0394. The van der Waals surface area contributed by atoms with Gasteiger partial charge >= 0.3 is 24.5 Å². The van der Waals surface area contributed by atoms with Crippen LogP contribution in [0, 0.1) is 0 Å². The lowest BCUT2D eigenvalue weighted by Gasteiger charge is -2.23. The molecular formula is C36H23F9O5. The van der Waals surface area contributed by atoms with Crippen molar-refractivity contribution in [2.24, 2.45) is 0 Å². The highest BCUT2D eigenvalue weighted by Crippen LogP contribution is 2.50. The van der Waals surface area contributed by atoms with Crippen molar-refractivity contribution < 1.29 is 63.3 Å². The molecule has 0 N–H and O–H groups in total. The number of fused-ring (bicyclic) bond motifs is 2. The normalized spacial score (nSPS) is 12.7. The first-order chi connectivity index (χ1) is 23.5. The summed E-state index contributed by atoms with van der Waals surface area (Å²) in [6, 6.07) is 10.1. The van der Waals surface area contributed by atoms with Gasteiger partial charge < -0.3 is 14.2 Å². The van der Waals surface area contributed by atoms with Gasteiger partial charge in [0.15, 0.2) is 6.29 Å². The van der Waals surface area contributed by atoms with Gasteiger partial charge in [0, 0.05) is 23.9 Å². The number of esters is 1. The number of ether oxygens (including phenoxy) is 3. The third kappa shape index (κ3) is 5.86. The largest absolute Gasteiger partial charge is 0.496 e. The molecule has 260 valence electrons. The van der Waals surface area contributed by atoms with Crippen LogP contribution < -0.4 is 14.2 Å². The number of aryl methyl sites for hydroxylation is 1. The average molecular weight is 707 g/mol. The summed E-state index contributed by atoms with van der Waals surface area (Å²) in [5.41, 5.74) is -3.85. The van der Waals surface area contributed by atoms with E-state index in [-0.39, 0.29) is 85.3 Å². The molecule has 14 heteroatoms. The molecule has 0 radical (unpaired) electrons. The average Bonchev–Trinajstić information content (AvgIpc) is 3.04. The zero-order chi connectivity index (χ0) is 36.3. The number of carbonyl (C=O) groups excluding carboxylic acids is 2. The highest BCUT2D eigenvalue weighted by molar-refractivity contribution is 6.34. The van der Waals surface area contributed by atoms with E-state index in [4.69, 9.17) is 14.2 Å². The molecule has 6 aromatic carbocycles. The molecule has 0 spiro atoms. The van der Waals surface area contributed by atoms with E-state index in [1.165, 1.54) is 38.5 Å². The maximum Gasteiger partial charge on any atom is 0.417 e. The molecule has 0 atom stereocenters. The Labute approximate surface area is 276 Å². The number of rotatable bonds is 8. The van der Waals surface area contributed by atoms with Crippen LogP contribution in [-0.4, -0.2) is 26.5 Å². The van der Waals surface area contributed by atoms with Crippen molar-refractivity contribution >= 4 is 55.3 Å². The Morgan fingerprint density at radius 3 is 1.46 bits per heavy atom. The topological polar surface area (TPSA) is 61.8 Å². The second kappa shape index (κ2) is 12.3. The third-order valence-electron chi connectivity index (χ3n) is 8.60. The van der Waals surface area contributed by atoms with E-state index in [1.807, 2.05) is 0 Å². The van der Waals surface area contributed by atoms with Gasteiger partial charge in [-0.1, -0.05) is 30.3 Å². The zero-order valence-corrected chi connectivity index (χ0v) is 25.9. The summed E-state index contributed by atoms with van der Waals surface area (Å²) in [7, 11) is 2.59. The van der Waals surface area contributed by atoms with Gasteiger partial charge in [-0.3, -0.25) is 9.59 Å². The maximum atomic E-state index is 14.5. The Morgan fingerprint density at radius 2 is 1.04 bits per heavy atom. The summed E-state index contributed by atoms with van der Waals surface area (Å²) in [6.07, 6.45) is -15.0. The number of carbonyl (C=O) groups is 2. The summed E-state index contributed by atoms with van der Waals surface area (Å²) in [6.45, 7) is 0. The molecule has 0 bridgehead atoms. The second-order valence-electron chi connectivity index (χ2n) is 11.4. The van der Waals surface area contributed by atoms with Crippen molar-refractivity contribution in [2.45, 2.75) is 37.8 Å². The van der Waals surface area contributed by atoms with Crippen LogP contribution in [0.4, 0.5) is 39.5 Å². The van der Waals surface area contributed by atoms with E-state index in [2.05, 4.69) is 0 Å². The monoisotopic (exact) mass is 706 g/mol. The summed E-state index contributed by atoms with van der Waals surface area (Å²) in [5, 5.41) is -1.79. The van der Waals surface area contributed by atoms with Crippen LogP contribution in [0.3, 0.4) is 0 Å². The lowest BCUT2D eigenvalue weighted by molar-refractivity contribution is -0.140. The van der Waals surface area contributed by atoms with Crippen LogP contribution in [0.2, 0.25) is 0 Å². The molecule has 6 aromatic rings. The summed E-state index contributed by atoms with van der Waals surface area (Å²) < 4.78 is 144. The molecule has 0 aliphatic rings. The number of hydrogen-bond donors (Lipinski definition) is 0. The van der Waals surface area contributed by atoms with Crippen LogP contribution in [0.15, 0.2) is 60.7 Å². The predicted molar refractivity (Wildman–Crippen MR) is 166 cm³/mol. The minimum absolute atomic E-state index is 0.00551. The van der Waals surface area contributed by atoms with E-state index in [1.54, 1.807) is 0 Å². The minimum atomic E-state index is -5.16. The van der Waals surface area contributed by atoms with Crippen LogP contribution in [0.5, 0.6) is 17.2 Å². The first-order valence-corrected chi connectivity index (χ1v) is 14.8. The summed E-state index contributed by atoms with van der Waals surface area (Å²) >= 11 is 0. The first kappa shape index (κ1) is 34.6. The lowest BCUT2D eigenvalue weighted by Crippen LogP contribution is -2.12. The van der Waals surface area contributed by atoms with E-state index in [0.717, 1.165) is 24.3 Å². The SMILES string of the molecule is COc1cc(OC(=O)CCCc2ccc3c4ccc(C(F)(F)F)c5c(C(F)(F)F)ccc(c6ccc(C(F)(F)F)c2c36)c54)cc(OC)c1C=O. The van der Waals surface area contributed by atoms with Gasteiger partial charge in [-0.2, -0.15) is 39.5 Å². The van der Waals surface area contributed by atoms with Gasteiger partial charge in [-0.25, -0.2) is 0 Å². The number of alkyl halides is 9. The molecule has 0 aliphatic heterocycles. The van der Waals surface area contributed by atoms with Gasteiger partial charge in [0.25, 0.3) is 0 Å². The fourth-order valence-electron chi connectivity index (χ4n) is 6.57. The molecule has 0 aromatic heterocycles. The molecule has 0 amide bonds. The standard InChI is InChI=1S/C36H23F9O5/c1-48-27-14-18(15-28(49-2)23(27)16-46)50-29(47)5-3-4-17-6-7-19-21-9-12-25(35(40,41)42)33-26(36(43,44)45)13-10-22(32(21)33)20-8-11-24(34(37,38)39)30(17)31(19)20/h6-16H,3-5H2,1-2H3. The number of aldehydes is 1. The fourth-order valence-corrected chi connectivity index (χ4v) is 6.57. The lowest BCUT2D eigenvalue weighted by atomic mass is 9.83. The van der Waals surface area contributed by atoms with Crippen molar-refractivity contribution in [1.29, 1.82) is 0 Å². The summed E-state index contributed by atoms with van der Waals surface area (Å²) in [5.74, 6) is -0.613. The molecule has 5 nitrogen and oxygen atoms in total. The van der Waals surface area contributed by atoms with Crippen molar-refractivity contribution in [3.63, 3.8) is 0 Å². The van der Waals surface area contributed by atoms with Crippen molar-refractivity contribution in [2.75, 3.05) is 14.2 Å². The fraction of sp³-hybridized carbons (Fsp3) is 0.222. The maximum absolute atomic E-state index is 14.5. The Bertz CT molecular complexity index is 2210. The first-order valence-electron chi connectivity index (χ1n) is 14.8. The highest BCUT2D eigenvalue weighted by Gasteiger charge is 2.41. The molecule has 0 fully saturated rings. The predicted octanol–water partition coefficient (Wildman–Crippen LogP) is 10.6. The van der Waals surface area contributed by atoms with Gasteiger partial charge in [-0.15, -0.1) is 0 Å². The van der Waals surface area contributed by atoms with Gasteiger partial charge in [0.05, 0.1) is 36.5 Å². The molecule has 6 rings (SSSR count). The molecule has 0 aliphatic carbocycles. The molecule has 0 heterocycles. The van der Waals surface area contributed by atoms with Gasteiger partial charge in [0.2, 0.25) is 0 Å².